The first-order valence-corrected chi connectivity index (χ1v) is 7.72. The Hall–Kier alpha value is -1.41. The van der Waals surface area contributed by atoms with Crippen molar-refractivity contribution in [3.63, 3.8) is 0 Å². The lowest BCUT2D eigenvalue weighted by Gasteiger charge is -2.29. The molecule has 0 bridgehead atoms. The van der Waals surface area contributed by atoms with Gasteiger partial charge in [-0.25, -0.2) is 0 Å². The second-order valence-corrected chi connectivity index (χ2v) is 5.35. The van der Waals surface area contributed by atoms with Gasteiger partial charge in [0.1, 0.15) is 5.54 Å². The highest BCUT2D eigenvalue weighted by atomic mass is 16.5. The molecule has 0 aromatic heterocycles. The maximum Gasteiger partial charge on any atom is 0.134 e. The Morgan fingerprint density at radius 3 is 2.67 bits per heavy atom. The quantitative estimate of drug-likeness (QED) is 0.838. The normalized spacial score (nSPS) is 18.9. The zero-order chi connectivity index (χ0) is 15.0. The third kappa shape index (κ3) is 4.28. The van der Waals surface area contributed by atoms with Crippen LogP contribution in [0, 0.1) is 11.3 Å². The van der Waals surface area contributed by atoms with E-state index in [1.807, 2.05) is 37.3 Å². The smallest absolute Gasteiger partial charge is 0.134 e. The van der Waals surface area contributed by atoms with Crippen molar-refractivity contribution in [2.75, 3.05) is 26.4 Å². The minimum atomic E-state index is -0.665. The minimum Gasteiger partial charge on any atom is -0.381 e. The molecule has 4 heteroatoms. The van der Waals surface area contributed by atoms with Crippen LogP contribution in [0.15, 0.2) is 30.3 Å². The molecule has 1 heterocycles. The predicted octanol–water partition coefficient (Wildman–Crippen LogP) is 2.60. The van der Waals surface area contributed by atoms with E-state index in [-0.39, 0.29) is 6.10 Å². The molecule has 1 aromatic carbocycles. The number of rotatable bonds is 7. The molecule has 114 valence electrons. The van der Waals surface area contributed by atoms with Gasteiger partial charge >= 0.3 is 0 Å². The average molecular weight is 288 g/mol. The van der Waals surface area contributed by atoms with Crippen LogP contribution in [0.4, 0.5) is 0 Å². The minimum absolute atomic E-state index is 0.271. The summed E-state index contributed by atoms with van der Waals surface area (Å²) in [7, 11) is 0. The molecule has 0 radical (unpaired) electrons. The van der Waals surface area contributed by atoms with Crippen molar-refractivity contribution in [3.05, 3.63) is 35.9 Å². The van der Waals surface area contributed by atoms with Crippen LogP contribution in [0.25, 0.3) is 0 Å². The molecule has 1 aliphatic heterocycles. The molecule has 1 unspecified atom stereocenters. The van der Waals surface area contributed by atoms with Crippen LogP contribution in [0.1, 0.15) is 31.7 Å². The molecular formula is C17H24N2O2. The number of benzene rings is 1. The fourth-order valence-corrected chi connectivity index (χ4v) is 2.74. The molecule has 0 amide bonds. The van der Waals surface area contributed by atoms with Gasteiger partial charge < -0.3 is 9.47 Å². The first-order chi connectivity index (χ1) is 10.3. The van der Waals surface area contributed by atoms with Gasteiger partial charge in [-0.1, -0.05) is 37.3 Å². The fraction of sp³-hybridized carbons (Fsp3) is 0.588. The molecule has 21 heavy (non-hydrogen) atoms. The lowest BCUT2D eigenvalue weighted by Crippen LogP contribution is -2.42. The Labute approximate surface area is 127 Å². The van der Waals surface area contributed by atoms with Gasteiger partial charge in [0.05, 0.1) is 18.8 Å². The molecule has 0 spiro atoms. The van der Waals surface area contributed by atoms with Crippen molar-refractivity contribution in [2.24, 2.45) is 0 Å². The van der Waals surface area contributed by atoms with Gasteiger partial charge in [-0.15, -0.1) is 0 Å². The van der Waals surface area contributed by atoms with Gasteiger partial charge in [-0.3, -0.25) is 5.32 Å². The summed E-state index contributed by atoms with van der Waals surface area (Å²) in [5.74, 6) is 0. The van der Waals surface area contributed by atoms with Crippen molar-refractivity contribution >= 4 is 0 Å². The lowest BCUT2D eigenvalue weighted by atomic mass is 9.88. The van der Waals surface area contributed by atoms with E-state index in [0.29, 0.717) is 13.0 Å². The topological polar surface area (TPSA) is 54.3 Å². The highest BCUT2D eigenvalue weighted by molar-refractivity contribution is 5.31. The number of ether oxygens (including phenoxy) is 2. The zero-order valence-electron chi connectivity index (χ0n) is 12.7. The summed E-state index contributed by atoms with van der Waals surface area (Å²) in [4.78, 5) is 0. The lowest BCUT2D eigenvalue weighted by molar-refractivity contribution is -0.0358. The number of hydrogen-bond acceptors (Lipinski definition) is 4. The van der Waals surface area contributed by atoms with Crippen molar-refractivity contribution in [1.29, 1.82) is 5.26 Å². The van der Waals surface area contributed by atoms with E-state index in [4.69, 9.17) is 9.47 Å². The van der Waals surface area contributed by atoms with Gasteiger partial charge in [-0.05, 0) is 24.9 Å². The standard InChI is InChI=1S/C17H24N2O2/c1-2-19-17(14-18,15-6-4-3-5-7-15)10-13-21-16-8-11-20-12-9-16/h3-7,16,19H,2,8-13H2,1H3. The molecular weight excluding hydrogens is 264 g/mol. The summed E-state index contributed by atoms with van der Waals surface area (Å²) in [6, 6.07) is 12.4. The van der Waals surface area contributed by atoms with Crippen LogP contribution in [-0.2, 0) is 15.0 Å². The summed E-state index contributed by atoms with van der Waals surface area (Å²) >= 11 is 0. The number of nitriles is 1. The van der Waals surface area contributed by atoms with Crippen molar-refractivity contribution < 1.29 is 9.47 Å². The van der Waals surface area contributed by atoms with E-state index in [1.165, 1.54) is 0 Å². The maximum atomic E-state index is 9.71. The molecule has 1 N–H and O–H groups in total. The summed E-state index contributed by atoms with van der Waals surface area (Å²) in [5.41, 5.74) is 0.339. The van der Waals surface area contributed by atoms with Crippen LogP contribution in [0.3, 0.4) is 0 Å². The molecule has 1 fully saturated rings. The second kappa shape index (κ2) is 8.14. The first kappa shape index (κ1) is 16.0. The number of nitrogens with zero attached hydrogens (tertiary/aromatic N) is 1. The Morgan fingerprint density at radius 2 is 2.05 bits per heavy atom. The van der Waals surface area contributed by atoms with Crippen LogP contribution in [0.2, 0.25) is 0 Å². The number of hydrogen-bond donors (Lipinski definition) is 1. The Bertz CT molecular complexity index is 452. The molecule has 2 rings (SSSR count). The molecule has 1 atom stereocenters. The fourth-order valence-electron chi connectivity index (χ4n) is 2.74. The van der Waals surface area contributed by atoms with E-state index >= 15 is 0 Å². The van der Waals surface area contributed by atoms with E-state index in [2.05, 4.69) is 11.4 Å². The summed E-state index contributed by atoms with van der Waals surface area (Å²) < 4.78 is 11.3. The zero-order valence-corrected chi connectivity index (χ0v) is 12.7. The second-order valence-electron chi connectivity index (χ2n) is 5.35. The molecule has 1 saturated heterocycles. The average Bonchev–Trinajstić information content (AvgIpc) is 2.56. The van der Waals surface area contributed by atoms with Crippen LogP contribution in [-0.4, -0.2) is 32.5 Å². The molecule has 0 aliphatic carbocycles. The van der Waals surface area contributed by atoms with Crippen molar-refractivity contribution in [2.45, 2.75) is 37.8 Å². The van der Waals surface area contributed by atoms with Gasteiger partial charge in [0.2, 0.25) is 0 Å². The monoisotopic (exact) mass is 288 g/mol. The summed E-state index contributed by atoms with van der Waals surface area (Å²) in [6.45, 7) is 4.91. The van der Waals surface area contributed by atoms with Gasteiger partial charge in [0.25, 0.3) is 0 Å². The van der Waals surface area contributed by atoms with Crippen LogP contribution in [0.5, 0.6) is 0 Å². The SMILES string of the molecule is CCNC(C#N)(CCOC1CCOCC1)c1ccccc1. The van der Waals surface area contributed by atoms with E-state index in [1.54, 1.807) is 0 Å². The summed E-state index contributed by atoms with van der Waals surface area (Å²) in [5, 5.41) is 13.0. The van der Waals surface area contributed by atoms with Crippen LogP contribution < -0.4 is 5.32 Å². The van der Waals surface area contributed by atoms with Crippen molar-refractivity contribution in [3.8, 4) is 6.07 Å². The third-order valence-electron chi connectivity index (χ3n) is 3.93. The van der Waals surface area contributed by atoms with Crippen molar-refractivity contribution in [1.82, 2.24) is 5.32 Å². The molecule has 0 saturated carbocycles. The molecule has 4 nitrogen and oxygen atoms in total. The van der Waals surface area contributed by atoms with E-state index in [9.17, 15) is 5.26 Å². The largest absolute Gasteiger partial charge is 0.381 e. The third-order valence-corrected chi connectivity index (χ3v) is 3.93. The Kier molecular flexibility index (Phi) is 6.19. The highest BCUT2D eigenvalue weighted by Gasteiger charge is 2.31. The van der Waals surface area contributed by atoms with Gasteiger partial charge in [0, 0.05) is 19.6 Å². The highest BCUT2D eigenvalue weighted by Crippen LogP contribution is 2.25. The Balaban J connectivity index is 1.98. The molecule has 1 aromatic rings. The molecule has 1 aliphatic rings. The van der Waals surface area contributed by atoms with E-state index in [0.717, 1.165) is 38.2 Å². The Morgan fingerprint density at radius 1 is 1.33 bits per heavy atom. The van der Waals surface area contributed by atoms with E-state index < -0.39 is 5.54 Å². The summed E-state index contributed by atoms with van der Waals surface area (Å²) in [6.07, 6.45) is 2.82. The first-order valence-electron chi connectivity index (χ1n) is 7.72. The number of nitrogens with one attached hydrogen (secondary N) is 1. The predicted molar refractivity (Wildman–Crippen MR) is 81.8 cm³/mol. The maximum absolute atomic E-state index is 9.71. The van der Waals surface area contributed by atoms with Gasteiger partial charge in [-0.2, -0.15) is 5.26 Å². The van der Waals surface area contributed by atoms with Gasteiger partial charge in [0.15, 0.2) is 0 Å². The van der Waals surface area contributed by atoms with Crippen LogP contribution >= 0.6 is 0 Å².